The summed E-state index contributed by atoms with van der Waals surface area (Å²) in [6.07, 6.45) is 13.1. The molecule has 0 aliphatic carbocycles. The summed E-state index contributed by atoms with van der Waals surface area (Å²) >= 11 is 0. The molecular formula is C28H30N8O. The van der Waals surface area contributed by atoms with Gasteiger partial charge in [-0.05, 0) is 49.9 Å². The summed E-state index contributed by atoms with van der Waals surface area (Å²) in [5.41, 5.74) is 5.92. The SMILES string of the molecule is CCCCC(=O)Nc1cncc(-c2cc3c(-c4cc5c(N6CCCCC6)nccc5[nH]4)n[nH]c3cn2)c1. The average molecular weight is 495 g/mol. The number of aromatic amines is 2. The molecule has 1 aliphatic rings. The van der Waals surface area contributed by atoms with Crippen LogP contribution < -0.4 is 10.2 Å². The van der Waals surface area contributed by atoms with Crippen molar-refractivity contribution in [1.29, 1.82) is 0 Å². The van der Waals surface area contributed by atoms with Crippen LogP contribution in [0.3, 0.4) is 0 Å². The number of nitrogens with zero attached hydrogens (tertiary/aromatic N) is 5. The number of carbonyl (C=O) groups is 1. The van der Waals surface area contributed by atoms with Crippen molar-refractivity contribution in [3.63, 3.8) is 0 Å². The Balaban J connectivity index is 1.34. The fraction of sp³-hybridized carbons (Fsp3) is 0.321. The molecule has 37 heavy (non-hydrogen) atoms. The lowest BCUT2D eigenvalue weighted by molar-refractivity contribution is -0.116. The molecule has 5 aromatic rings. The predicted octanol–water partition coefficient (Wildman–Crippen LogP) is 5.68. The molecule has 0 radical (unpaired) electrons. The molecular weight excluding hydrogens is 464 g/mol. The molecule has 9 heteroatoms. The van der Waals surface area contributed by atoms with Crippen molar-refractivity contribution in [2.24, 2.45) is 0 Å². The molecule has 188 valence electrons. The number of piperidine rings is 1. The summed E-state index contributed by atoms with van der Waals surface area (Å²) in [6.45, 7) is 4.15. The van der Waals surface area contributed by atoms with Crippen LogP contribution in [0.2, 0.25) is 0 Å². The summed E-state index contributed by atoms with van der Waals surface area (Å²) in [6, 6.07) is 8.09. The van der Waals surface area contributed by atoms with Gasteiger partial charge in [-0.3, -0.25) is 19.9 Å². The van der Waals surface area contributed by atoms with Gasteiger partial charge < -0.3 is 15.2 Å². The van der Waals surface area contributed by atoms with E-state index in [1.165, 1.54) is 19.3 Å². The molecule has 9 nitrogen and oxygen atoms in total. The molecule has 3 N–H and O–H groups in total. The Morgan fingerprint density at radius 2 is 1.92 bits per heavy atom. The van der Waals surface area contributed by atoms with E-state index >= 15 is 0 Å². The van der Waals surface area contributed by atoms with E-state index < -0.39 is 0 Å². The van der Waals surface area contributed by atoms with Crippen LogP contribution in [0.4, 0.5) is 11.5 Å². The van der Waals surface area contributed by atoms with E-state index in [1.807, 2.05) is 24.4 Å². The van der Waals surface area contributed by atoms with Crippen LogP contribution >= 0.6 is 0 Å². The number of nitrogens with one attached hydrogen (secondary N) is 3. The van der Waals surface area contributed by atoms with Gasteiger partial charge in [-0.1, -0.05) is 13.3 Å². The van der Waals surface area contributed by atoms with Crippen LogP contribution in [0, 0.1) is 0 Å². The highest BCUT2D eigenvalue weighted by Gasteiger charge is 2.19. The van der Waals surface area contributed by atoms with Crippen LogP contribution in [-0.2, 0) is 4.79 Å². The zero-order chi connectivity index (χ0) is 25.2. The number of carbonyl (C=O) groups excluding carboxylic acids is 1. The first kappa shape index (κ1) is 23.1. The Labute approximate surface area is 214 Å². The van der Waals surface area contributed by atoms with E-state index in [9.17, 15) is 4.79 Å². The van der Waals surface area contributed by atoms with E-state index in [2.05, 4.69) is 48.4 Å². The van der Waals surface area contributed by atoms with Crippen LogP contribution in [-0.4, -0.2) is 49.1 Å². The second kappa shape index (κ2) is 10.0. The Morgan fingerprint density at radius 1 is 1.03 bits per heavy atom. The molecule has 0 saturated carbocycles. The number of pyridine rings is 3. The zero-order valence-corrected chi connectivity index (χ0v) is 20.9. The Morgan fingerprint density at radius 3 is 2.78 bits per heavy atom. The highest BCUT2D eigenvalue weighted by Crippen LogP contribution is 2.34. The number of fused-ring (bicyclic) bond motifs is 2. The van der Waals surface area contributed by atoms with Gasteiger partial charge in [0.25, 0.3) is 0 Å². The maximum absolute atomic E-state index is 12.2. The summed E-state index contributed by atoms with van der Waals surface area (Å²) in [7, 11) is 0. The monoisotopic (exact) mass is 494 g/mol. The van der Waals surface area contributed by atoms with Gasteiger partial charge in [0, 0.05) is 48.2 Å². The number of rotatable bonds is 7. The molecule has 1 amide bonds. The highest BCUT2D eigenvalue weighted by molar-refractivity contribution is 5.99. The highest BCUT2D eigenvalue weighted by atomic mass is 16.1. The number of amides is 1. The number of anilines is 2. The Bertz CT molecular complexity index is 1560. The minimum atomic E-state index is -0.00134. The van der Waals surface area contributed by atoms with E-state index in [0.717, 1.165) is 76.2 Å². The largest absolute Gasteiger partial charge is 0.356 e. The van der Waals surface area contributed by atoms with Gasteiger partial charge in [0.05, 0.1) is 40.5 Å². The first-order chi connectivity index (χ1) is 18.2. The van der Waals surface area contributed by atoms with Crippen molar-refractivity contribution >= 4 is 39.2 Å². The van der Waals surface area contributed by atoms with E-state index in [0.29, 0.717) is 12.1 Å². The molecule has 0 atom stereocenters. The van der Waals surface area contributed by atoms with E-state index in [-0.39, 0.29) is 5.91 Å². The third kappa shape index (κ3) is 4.64. The van der Waals surface area contributed by atoms with Crippen LogP contribution in [0.15, 0.2) is 49.1 Å². The smallest absolute Gasteiger partial charge is 0.224 e. The normalized spacial score (nSPS) is 13.9. The van der Waals surface area contributed by atoms with Gasteiger partial charge in [-0.25, -0.2) is 4.98 Å². The minimum absolute atomic E-state index is 0.00134. The van der Waals surface area contributed by atoms with Crippen molar-refractivity contribution < 1.29 is 4.79 Å². The maximum atomic E-state index is 12.2. The molecule has 0 aromatic carbocycles. The number of H-pyrrole nitrogens is 2. The number of hydrogen-bond acceptors (Lipinski definition) is 6. The minimum Gasteiger partial charge on any atom is -0.356 e. The zero-order valence-electron chi connectivity index (χ0n) is 20.9. The summed E-state index contributed by atoms with van der Waals surface area (Å²) < 4.78 is 0. The van der Waals surface area contributed by atoms with Crippen LogP contribution in [0.1, 0.15) is 45.4 Å². The topological polar surface area (TPSA) is 115 Å². The van der Waals surface area contributed by atoms with Gasteiger partial charge in [-0.2, -0.15) is 5.10 Å². The number of unbranched alkanes of at least 4 members (excludes halogenated alkanes) is 1. The van der Waals surface area contributed by atoms with E-state index in [1.54, 1.807) is 18.6 Å². The first-order valence-corrected chi connectivity index (χ1v) is 13.0. The fourth-order valence-corrected chi connectivity index (χ4v) is 5.01. The molecule has 0 unspecified atom stereocenters. The lowest BCUT2D eigenvalue weighted by Crippen LogP contribution is -2.30. The predicted molar refractivity (Wildman–Crippen MR) is 146 cm³/mol. The molecule has 6 rings (SSSR count). The molecule has 1 aliphatic heterocycles. The molecule has 6 heterocycles. The van der Waals surface area contributed by atoms with Crippen molar-refractivity contribution in [3.8, 4) is 22.6 Å². The standard InChI is InChI=1S/C28H30N8O/c1-2-3-7-26(37)32-19-12-18(15-29-16-19)23-13-20-25(17-31-23)34-35-27(20)24-14-21-22(33-24)8-9-30-28(21)36-10-5-4-6-11-36/h8-9,12-17,33H,2-7,10-11H2,1H3,(H,32,37)(H,34,35). The molecule has 0 spiro atoms. The van der Waals surface area contributed by atoms with Crippen LogP contribution in [0.25, 0.3) is 44.5 Å². The van der Waals surface area contributed by atoms with Crippen molar-refractivity contribution in [3.05, 3.63) is 49.1 Å². The van der Waals surface area contributed by atoms with Gasteiger partial charge in [0.2, 0.25) is 5.91 Å². The van der Waals surface area contributed by atoms with Gasteiger partial charge in [0.1, 0.15) is 11.5 Å². The maximum Gasteiger partial charge on any atom is 0.224 e. The quantitative estimate of drug-likeness (QED) is 0.268. The lowest BCUT2D eigenvalue weighted by atomic mass is 10.1. The lowest BCUT2D eigenvalue weighted by Gasteiger charge is -2.28. The first-order valence-electron chi connectivity index (χ1n) is 13.0. The number of aromatic nitrogens is 6. The molecule has 5 aromatic heterocycles. The number of hydrogen-bond donors (Lipinski definition) is 3. The molecule has 0 bridgehead atoms. The van der Waals surface area contributed by atoms with Gasteiger partial charge in [0.15, 0.2) is 0 Å². The molecule has 1 fully saturated rings. The van der Waals surface area contributed by atoms with Crippen molar-refractivity contribution in [2.45, 2.75) is 45.4 Å². The third-order valence-corrected chi connectivity index (χ3v) is 6.96. The Hall–Kier alpha value is -4.27. The summed E-state index contributed by atoms with van der Waals surface area (Å²) in [4.78, 5) is 31.8. The Kier molecular flexibility index (Phi) is 6.26. The van der Waals surface area contributed by atoms with Crippen LogP contribution in [0.5, 0.6) is 0 Å². The fourth-order valence-electron chi connectivity index (χ4n) is 5.01. The average Bonchev–Trinajstić information content (AvgIpc) is 3.56. The van der Waals surface area contributed by atoms with Gasteiger partial charge >= 0.3 is 0 Å². The van der Waals surface area contributed by atoms with E-state index in [4.69, 9.17) is 4.98 Å². The third-order valence-electron chi connectivity index (χ3n) is 6.96. The second-order valence-electron chi connectivity index (χ2n) is 9.63. The van der Waals surface area contributed by atoms with Crippen molar-refractivity contribution in [1.82, 2.24) is 30.1 Å². The summed E-state index contributed by atoms with van der Waals surface area (Å²) in [5.74, 6) is 1.03. The second-order valence-corrected chi connectivity index (χ2v) is 9.63. The van der Waals surface area contributed by atoms with Gasteiger partial charge in [-0.15, -0.1) is 0 Å². The molecule has 1 saturated heterocycles. The van der Waals surface area contributed by atoms with Crippen molar-refractivity contribution in [2.75, 3.05) is 23.3 Å². The summed E-state index contributed by atoms with van der Waals surface area (Å²) in [5, 5.41) is 12.7.